The van der Waals surface area contributed by atoms with Gasteiger partial charge in [-0.1, -0.05) is 0 Å². The SMILES string of the molecule is CC(=O)OCCC1CCN(CCCS)CC1. The topological polar surface area (TPSA) is 29.5 Å². The second-order valence-corrected chi connectivity index (χ2v) is 4.94. The van der Waals surface area contributed by atoms with Gasteiger partial charge in [-0.25, -0.2) is 0 Å². The molecule has 1 rings (SSSR count). The smallest absolute Gasteiger partial charge is 0.302 e. The van der Waals surface area contributed by atoms with Crippen molar-refractivity contribution in [2.24, 2.45) is 5.92 Å². The molecule has 0 aromatic carbocycles. The number of nitrogens with zero attached hydrogens (tertiary/aromatic N) is 1. The van der Waals surface area contributed by atoms with Crippen molar-refractivity contribution in [3.63, 3.8) is 0 Å². The monoisotopic (exact) mass is 245 g/mol. The molecule has 1 aliphatic heterocycles. The first kappa shape index (κ1) is 13.8. The molecule has 1 heterocycles. The number of ether oxygens (including phenoxy) is 1. The third-order valence-corrected chi connectivity index (χ3v) is 3.49. The Morgan fingerprint density at radius 1 is 1.44 bits per heavy atom. The lowest BCUT2D eigenvalue weighted by Crippen LogP contribution is -2.34. The highest BCUT2D eigenvalue weighted by Gasteiger charge is 2.18. The molecule has 16 heavy (non-hydrogen) atoms. The Hall–Kier alpha value is -0.220. The zero-order valence-electron chi connectivity index (χ0n) is 10.2. The number of thiol groups is 1. The largest absolute Gasteiger partial charge is 0.466 e. The van der Waals surface area contributed by atoms with Gasteiger partial charge in [0.15, 0.2) is 0 Å². The van der Waals surface area contributed by atoms with E-state index in [2.05, 4.69) is 17.5 Å². The number of piperidine rings is 1. The Bertz CT molecular complexity index is 203. The third kappa shape index (κ3) is 5.75. The van der Waals surface area contributed by atoms with Gasteiger partial charge >= 0.3 is 5.97 Å². The minimum absolute atomic E-state index is 0.161. The van der Waals surface area contributed by atoms with Crippen LogP contribution in [0.15, 0.2) is 0 Å². The van der Waals surface area contributed by atoms with Gasteiger partial charge < -0.3 is 9.64 Å². The summed E-state index contributed by atoms with van der Waals surface area (Å²) in [5.41, 5.74) is 0. The van der Waals surface area contributed by atoms with Crippen LogP contribution in [0, 0.1) is 5.92 Å². The molecule has 4 heteroatoms. The molecule has 0 unspecified atom stereocenters. The Morgan fingerprint density at radius 2 is 2.12 bits per heavy atom. The second kappa shape index (κ2) is 7.96. The van der Waals surface area contributed by atoms with Gasteiger partial charge in [-0.2, -0.15) is 12.6 Å². The molecule has 1 fully saturated rings. The summed E-state index contributed by atoms with van der Waals surface area (Å²) in [5, 5.41) is 0. The normalized spacial score (nSPS) is 18.6. The Labute approximate surface area is 104 Å². The van der Waals surface area contributed by atoms with Crippen molar-refractivity contribution in [2.45, 2.75) is 32.6 Å². The Balaban J connectivity index is 2.05. The lowest BCUT2D eigenvalue weighted by Gasteiger charge is -2.31. The molecule has 0 amide bonds. The number of hydrogen-bond donors (Lipinski definition) is 1. The molecule has 1 saturated heterocycles. The standard InChI is InChI=1S/C12H23NO2S/c1-11(14)15-9-5-12-3-7-13(8-4-12)6-2-10-16/h12,16H,2-10H2,1H3. The van der Waals surface area contributed by atoms with Crippen LogP contribution in [-0.2, 0) is 9.53 Å². The van der Waals surface area contributed by atoms with Gasteiger partial charge in [0.2, 0.25) is 0 Å². The second-order valence-electron chi connectivity index (χ2n) is 4.49. The van der Waals surface area contributed by atoms with E-state index in [1.165, 1.54) is 45.8 Å². The molecule has 0 aromatic heterocycles. The average Bonchev–Trinajstić information content (AvgIpc) is 2.27. The fourth-order valence-electron chi connectivity index (χ4n) is 2.16. The van der Waals surface area contributed by atoms with Gasteiger partial charge in [0.1, 0.15) is 0 Å². The fraction of sp³-hybridized carbons (Fsp3) is 0.917. The van der Waals surface area contributed by atoms with E-state index in [-0.39, 0.29) is 5.97 Å². The first-order valence-electron chi connectivity index (χ1n) is 6.19. The predicted octanol–water partition coefficient (Wildman–Crippen LogP) is 1.97. The summed E-state index contributed by atoms with van der Waals surface area (Å²) < 4.78 is 4.97. The minimum atomic E-state index is -0.161. The zero-order chi connectivity index (χ0) is 11.8. The molecule has 0 radical (unpaired) electrons. The van der Waals surface area contributed by atoms with E-state index >= 15 is 0 Å². The number of hydrogen-bond acceptors (Lipinski definition) is 4. The van der Waals surface area contributed by atoms with Crippen LogP contribution >= 0.6 is 12.6 Å². The van der Waals surface area contributed by atoms with Crippen LogP contribution in [0.4, 0.5) is 0 Å². The Kier molecular flexibility index (Phi) is 6.88. The maximum atomic E-state index is 10.6. The zero-order valence-corrected chi connectivity index (χ0v) is 11.0. The van der Waals surface area contributed by atoms with E-state index in [1.807, 2.05) is 0 Å². The van der Waals surface area contributed by atoms with Gasteiger partial charge in [-0.05, 0) is 57.0 Å². The van der Waals surface area contributed by atoms with Crippen molar-refractivity contribution in [1.82, 2.24) is 4.90 Å². The molecule has 0 aliphatic carbocycles. The summed E-state index contributed by atoms with van der Waals surface area (Å²) in [6.45, 7) is 5.63. The van der Waals surface area contributed by atoms with Crippen molar-refractivity contribution in [2.75, 3.05) is 32.0 Å². The highest BCUT2D eigenvalue weighted by Crippen LogP contribution is 2.20. The number of esters is 1. The van der Waals surface area contributed by atoms with Crippen LogP contribution in [-0.4, -0.2) is 42.9 Å². The van der Waals surface area contributed by atoms with E-state index in [9.17, 15) is 4.79 Å². The molecule has 94 valence electrons. The molecule has 0 aromatic rings. The summed E-state index contributed by atoms with van der Waals surface area (Å²) in [5.74, 6) is 1.56. The van der Waals surface area contributed by atoms with Gasteiger partial charge in [-0.15, -0.1) is 0 Å². The number of carbonyl (C=O) groups excluding carboxylic acids is 1. The molecule has 0 N–H and O–H groups in total. The van der Waals surface area contributed by atoms with Crippen molar-refractivity contribution in [3.05, 3.63) is 0 Å². The molecular weight excluding hydrogens is 222 g/mol. The van der Waals surface area contributed by atoms with Crippen molar-refractivity contribution in [3.8, 4) is 0 Å². The number of carbonyl (C=O) groups is 1. The van der Waals surface area contributed by atoms with Crippen LogP contribution < -0.4 is 0 Å². The number of rotatable bonds is 6. The van der Waals surface area contributed by atoms with E-state index < -0.39 is 0 Å². The highest BCUT2D eigenvalue weighted by molar-refractivity contribution is 7.80. The van der Waals surface area contributed by atoms with E-state index in [0.717, 1.165) is 18.1 Å². The van der Waals surface area contributed by atoms with Gasteiger partial charge in [0, 0.05) is 6.92 Å². The highest BCUT2D eigenvalue weighted by atomic mass is 32.1. The van der Waals surface area contributed by atoms with E-state index in [4.69, 9.17) is 4.74 Å². The Morgan fingerprint density at radius 3 is 2.69 bits per heavy atom. The average molecular weight is 245 g/mol. The maximum Gasteiger partial charge on any atom is 0.302 e. The van der Waals surface area contributed by atoms with Crippen LogP contribution in [0.1, 0.15) is 32.6 Å². The lowest BCUT2D eigenvalue weighted by molar-refractivity contribution is -0.141. The summed E-state index contributed by atoms with van der Waals surface area (Å²) >= 11 is 4.23. The molecule has 0 bridgehead atoms. The lowest BCUT2D eigenvalue weighted by atomic mass is 9.94. The van der Waals surface area contributed by atoms with E-state index in [0.29, 0.717) is 6.61 Å². The van der Waals surface area contributed by atoms with Crippen LogP contribution in [0.5, 0.6) is 0 Å². The summed E-state index contributed by atoms with van der Waals surface area (Å²) in [7, 11) is 0. The van der Waals surface area contributed by atoms with Crippen molar-refractivity contribution < 1.29 is 9.53 Å². The van der Waals surface area contributed by atoms with Gasteiger partial charge in [0.05, 0.1) is 6.61 Å². The van der Waals surface area contributed by atoms with Gasteiger partial charge in [-0.3, -0.25) is 4.79 Å². The first-order valence-corrected chi connectivity index (χ1v) is 6.82. The van der Waals surface area contributed by atoms with E-state index in [1.54, 1.807) is 0 Å². The molecule has 3 nitrogen and oxygen atoms in total. The van der Waals surface area contributed by atoms with Crippen molar-refractivity contribution in [1.29, 1.82) is 0 Å². The summed E-state index contributed by atoms with van der Waals surface area (Å²) in [4.78, 5) is 13.1. The van der Waals surface area contributed by atoms with Crippen LogP contribution in [0.25, 0.3) is 0 Å². The molecule has 0 atom stereocenters. The maximum absolute atomic E-state index is 10.6. The van der Waals surface area contributed by atoms with Crippen LogP contribution in [0.3, 0.4) is 0 Å². The molecule has 0 saturated carbocycles. The molecule has 0 spiro atoms. The first-order chi connectivity index (χ1) is 7.72. The summed E-state index contributed by atoms with van der Waals surface area (Å²) in [6, 6.07) is 0. The molecular formula is C12H23NO2S. The predicted molar refractivity (Wildman–Crippen MR) is 68.9 cm³/mol. The van der Waals surface area contributed by atoms with Crippen molar-refractivity contribution >= 4 is 18.6 Å². The number of likely N-dealkylation sites (tertiary alicyclic amines) is 1. The molecule has 1 aliphatic rings. The van der Waals surface area contributed by atoms with Gasteiger partial charge in [0.25, 0.3) is 0 Å². The fourth-order valence-corrected chi connectivity index (χ4v) is 2.30. The third-order valence-electron chi connectivity index (χ3n) is 3.17. The van der Waals surface area contributed by atoms with Crippen LogP contribution in [0.2, 0.25) is 0 Å². The quantitative estimate of drug-likeness (QED) is 0.573. The summed E-state index contributed by atoms with van der Waals surface area (Å²) in [6.07, 6.45) is 4.70. The minimum Gasteiger partial charge on any atom is -0.466 e.